The first-order chi connectivity index (χ1) is 9.77. The highest BCUT2D eigenvalue weighted by molar-refractivity contribution is 7.86. The van der Waals surface area contributed by atoms with Crippen molar-refractivity contribution in [2.75, 3.05) is 12.9 Å². The van der Waals surface area contributed by atoms with Crippen LogP contribution in [0.1, 0.15) is 34.6 Å². The molecule has 1 saturated heterocycles. The van der Waals surface area contributed by atoms with Crippen LogP contribution in [-0.2, 0) is 23.8 Å². The molecule has 1 aliphatic rings. The number of ether oxygens (including phenoxy) is 2. The molecule has 0 aromatic carbocycles. The van der Waals surface area contributed by atoms with Crippen molar-refractivity contribution in [1.29, 1.82) is 0 Å². The molecule has 0 aliphatic carbocycles. The Bertz CT molecular complexity index is 569. The van der Waals surface area contributed by atoms with Crippen molar-refractivity contribution in [2.45, 2.75) is 58.1 Å². The fourth-order valence-corrected chi connectivity index (χ4v) is 2.67. The van der Waals surface area contributed by atoms with Crippen LogP contribution < -0.4 is 0 Å². The average Bonchev–Trinajstić information content (AvgIpc) is 2.58. The van der Waals surface area contributed by atoms with Gasteiger partial charge in [0.25, 0.3) is 10.1 Å². The predicted octanol–water partition coefficient (Wildman–Crippen LogP) is 1.34. The molecule has 0 N–H and O–H groups in total. The van der Waals surface area contributed by atoms with Crippen LogP contribution in [-0.4, -0.2) is 55.7 Å². The van der Waals surface area contributed by atoms with Gasteiger partial charge in [0, 0.05) is 0 Å². The molecule has 1 amide bonds. The van der Waals surface area contributed by atoms with Crippen LogP contribution in [0.3, 0.4) is 0 Å². The Balaban J connectivity index is 3.08. The summed E-state index contributed by atoms with van der Waals surface area (Å²) in [6.07, 6.45) is 4.47. The first kappa shape index (κ1) is 18.7. The van der Waals surface area contributed by atoms with Crippen molar-refractivity contribution >= 4 is 16.2 Å². The number of carbonyl (C=O) groups is 1. The monoisotopic (exact) mass is 333 g/mol. The van der Waals surface area contributed by atoms with Gasteiger partial charge in [-0.15, -0.1) is 6.42 Å². The molecule has 1 aliphatic heterocycles. The highest BCUT2D eigenvalue weighted by Gasteiger charge is 2.49. The molecule has 0 unspecified atom stereocenters. The number of nitrogens with zero attached hydrogens (tertiary/aromatic N) is 1. The Morgan fingerprint density at radius 1 is 1.45 bits per heavy atom. The van der Waals surface area contributed by atoms with Crippen molar-refractivity contribution in [3.63, 3.8) is 0 Å². The van der Waals surface area contributed by atoms with Crippen LogP contribution in [0.2, 0.25) is 0 Å². The molecule has 7 nitrogen and oxygen atoms in total. The molecule has 1 heterocycles. The molecule has 0 bridgehead atoms. The molecule has 0 aromatic rings. The van der Waals surface area contributed by atoms with Crippen molar-refractivity contribution in [3.05, 3.63) is 0 Å². The summed E-state index contributed by atoms with van der Waals surface area (Å²) in [5, 5.41) is 0. The Kier molecular flexibility index (Phi) is 5.17. The minimum absolute atomic E-state index is 0.0522. The average molecular weight is 333 g/mol. The number of rotatable bonds is 3. The molecular formula is C14H23NO6S. The van der Waals surface area contributed by atoms with E-state index in [1.165, 1.54) is 4.90 Å². The first-order valence-electron chi connectivity index (χ1n) is 6.77. The molecule has 22 heavy (non-hydrogen) atoms. The SMILES string of the molecule is C#C[C@H](OS(C)(=O)=O)[C@@H]1COC(C)(C)N1C(=O)OC(C)(C)C. The highest BCUT2D eigenvalue weighted by atomic mass is 32.2. The van der Waals surface area contributed by atoms with Crippen LogP contribution in [0.5, 0.6) is 0 Å². The van der Waals surface area contributed by atoms with Crippen LogP contribution in [0, 0.1) is 12.3 Å². The second-order valence-corrected chi connectivity index (χ2v) is 8.16. The number of terminal acetylenes is 1. The third-order valence-corrected chi connectivity index (χ3v) is 3.46. The van der Waals surface area contributed by atoms with Gasteiger partial charge in [-0.3, -0.25) is 9.08 Å². The van der Waals surface area contributed by atoms with Gasteiger partial charge >= 0.3 is 6.09 Å². The van der Waals surface area contributed by atoms with Gasteiger partial charge in [-0.2, -0.15) is 8.42 Å². The fourth-order valence-electron chi connectivity index (χ4n) is 2.11. The van der Waals surface area contributed by atoms with Gasteiger partial charge in [0.1, 0.15) is 17.4 Å². The Labute approximate surface area is 132 Å². The lowest BCUT2D eigenvalue weighted by Crippen LogP contribution is -2.53. The molecule has 8 heteroatoms. The number of hydrogen-bond acceptors (Lipinski definition) is 6. The van der Waals surface area contributed by atoms with E-state index < -0.39 is 39.7 Å². The van der Waals surface area contributed by atoms with Gasteiger partial charge in [-0.25, -0.2) is 4.79 Å². The van der Waals surface area contributed by atoms with Crippen molar-refractivity contribution in [2.24, 2.45) is 0 Å². The van der Waals surface area contributed by atoms with E-state index in [-0.39, 0.29) is 6.61 Å². The maximum Gasteiger partial charge on any atom is 0.413 e. The molecule has 2 atom stereocenters. The highest BCUT2D eigenvalue weighted by Crippen LogP contribution is 2.31. The van der Waals surface area contributed by atoms with E-state index in [0.717, 1.165) is 6.26 Å². The quantitative estimate of drug-likeness (QED) is 0.572. The standard InChI is InChI=1S/C14H23NO6S/c1-8-11(21-22(7,17)18)10-9-19-14(5,6)15(10)12(16)20-13(2,3)4/h1,10-11H,9H2,2-7H3/t10-,11-/m0/s1. The topological polar surface area (TPSA) is 82.1 Å². The Morgan fingerprint density at radius 3 is 2.41 bits per heavy atom. The zero-order chi connectivity index (χ0) is 17.3. The van der Waals surface area contributed by atoms with Crippen molar-refractivity contribution < 1.29 is 26.9 Å². The normalized spacial score (nSPS) is 23.0. The second-order valence-electron chi connectivity index (χ2n) is 6.56. The van der Waals surface area contributed by atoms with E-state index in [1.807, 2.05) is 0 Å². The first-order valence-corrected chi connectivity index (χ1v) is 8.59. The molecule has 0 saturated carbocycles. The van der Waals surface area contributed by atoms with E-state index in [9.17, 15) is 13.2 Å². The molecule has 1 fully saturated rings. The smallest absolute Gasteiger partial charge is 0.413 e. The van der Waals surface area contributed by atoms with E-state index >= 15 is 0 Å². The minimum Gasteiger partial charge on any atom is -0.444 e. The maximum absolute atomic E-state index is 12.4. The molecule has 0 radical (unpaired) electrons. The summed E-state index contributed by atoms with van der Waals surface area (Å²) in [5.74, 6) is 2.26. The largest absolute Gasteiger partial charge is 0.444 e. The summed E-state index contributed by atoms with van der Waals surface area (Å²) in [6.45, 7) is 8.59. The van der Waals surface area contributed by atoms with Crippen molar-refractivity contribution in [1.82, 2.24) is 4.90 Å². The van der Waals surface area contributed by atoms with E-state index in [1.54, 1.807) is 34.6 Å². The van der Waals surface area contributed by atoms with Crippen LogP contribution in [0.4, 0.5) is 4.79 Å². The van der Waals surface area contributed by atoms with Gasteiger partial charge in [-0.1, -0.05) is 5.92 Å². The third-order valence-electron chi connectivity index (χ3n) is 2.90. The summed E-state index contributed by atoms with van der Waals surface area (Å²) >= 11 is 0. The Hall–Kier alpha value is -1.30. The van der Waals surface area contributed by atoms with Crippen molar-refractivity contribution in [3.8, 4) is 12.3 Å². The number of carbonyl (C=O) groups excluding carboxylic acids is 1. The lowest BCUT2D eigenvalue weighted by molar-refractivity contribution is -0.0650. The maximum atomic E-state index is 12.4. The summed E-state index contributed by atoms with van der Waals surface area (Å²) < 4.78 is 38.4. The zero-order valence-electron chi connectivity index (χ0n) is 13.7. The number of amides is 1. The lowest BCUT2D eigenvalue weighted by atomic mass is 10.1. The summed E-state index contributed by atoms with van der Waals surface area (Å²) in [5.41, 5.74) is -1.69. The summed E-state index contributed by atoms with van der Waals surface area (Å²) in [7, 11) is -3.77. The van der Waals surface area contributed by atoms with E-state index in [2.05, 4.69) is 5.92 Å². The van der Waals surface area contributed by atoms with Gasteiger partial charge in [0.15, 0.2) is 6.10 Å². The number of hydrogen-bond donors (Lipinski definition) is 0. The van der Waals surface area contributed by atoms with Gasteiger partial charge < -0.3 is 9.47 Å². The van der Waals surface area contributed by atoms with E-state index in [4.69, 9.17) is 20.1 Å². The Morgan fingerprint density at radius 2 is 2.00 bits per heavy atom. The molecule has 126 valence electrons. The zero-order valence-corrected chi connectivity index (χ0v) is 14.6. The third kappa shape index (κ3) is 4.87. The molecular weight excluding hydrogens is 310 g/mol. The van der Waals surface area contributed by atoms with E-state index in [0.29, 0.717) is 0 Å². The summed E-state index contributed by atoms with van der Waals surface area (Å²) in [4.78, 5) is 13.7. The molecule has 0 spiro atoms. The van der Waals surface area contributed by atoms with Crippen LogP contribution in [0.15, 0.2) is 0 Å². The second kappa shape index (κ2) is 6.07. The van der Waals surface area contributed by atoms with Crippen LogP contribution >= 0.6 is 0 Å². The molecule has 0 aromatic heterocycles. The van der Waals surface area contributed by atoms with Gasteiger partial charge in [-0.05, 0) is 34.6 Å². The summed E-state index contributed by atoms with van der Waals surface area (Å²) in [6, 6.07) is -0.760. The fraction of sp³-hybridized carbons (Fsp3) is 0.786. The molecule has 1 rings (SSSR count). The lowest BCUT2D eigenvalue weighted by Gasteiger charge is -2.36. The predicted molar refractivity (Wildman–Crippen MR) is 80.4 cm³/mol. The van der Waals surface area contributed by atoms with Gasteiger partial charge in [0.05, 0.1) is 12.9 Å². The van der Waals surface area contributed by atoms with Crippen LogP contribution in [0.25, 0.3) is 0 Å². The minimum atomic E-state index is -3.77. The van der Waals surface area contributed by atoms with Gasteiger partial charge in [0.2, 0.25) is 0 Å².